The van der Waals surface area contributed by atoms with Gasteiger partial charge in [0, 0.05) is 17.8 Å². The maximum absolute atomic E-state index is 12.6. The van der Waals surface area contributed by atoms with Gasteiger partial charge in [-0.2, -0.15) is 0 Å². The third-order valence-electron chi connectivity index (χ3n) is 4.75. The Morgan fingerprint density at radius 2 is 1.93 bits per heavy atom. The lowest BCUT2D eigenvalue weighted by molar-refractivity contribution is -0.134. The minimum Gasteiger partial charge on any atom is -0.449 e. The molecule has 1 amide bonds. The second-order valence-corrected chi connectivity index (χ2v) is 6.31. The highest BCUT2D eigenvalue weighted by atomic mass is 16.7. The van der Waals surface area contributed by atoms with E-state index in [1.165, 1.54) is 6.08 Å². The Bertz CT molecular complexity index is 870. The highest BCUT2D eigenvalue weighted by Crippen LogP contribution is 2.43. The van der Waals surface area contributed by atoms with Gasteiger partial charge in [-0.3, -0.25) is 9.59 Å². The van der Waals surface area contributed by atoms with Crippen LogP contribution in [0.25, 0.3) is 0 Å². The number of Topliss-reactive ketones (excluding diaryl/α,β-unsaturated/α-hetero) is 1. The molecule has 0 fully saturated rings. The Balaban J connectivity index is 2.08. The van der Waals surface area contributed by atoms with Crippen LogP contribution in [0.15, 0.2) is 65.6 Å². The van der Waals surface area contributed by atoms with Crippen LogP contribution in [0, 0.1) is 5.92 Å². The molecular formula is C20H20N2O5. The Morgan fingerprint density at radius 1 is 1.22 bits per heavy atom. The normalized spacial score (nSPS) is 20.9. The summed E-state index contributed by atoms with van der Waals surface area (Å²) in [7, 11) is 0. The van der Waals surface area contributed by atoms with Gasteiger partial charge in [0.05, 0.1) is 12.0 Å². The minimum absolute atomic E-state index is 0.112. The number of benzene rings is 1. The number of hydrogen-bond acceptors (Lipinski definition) is 5. The average Bonchev–Trinajstić information content (AvgIpc) is 2.96. The van der Waals surface area contributed by atoms with Gasteiger partial charge in [0.2, 0.25) is 5.78 Å². The fourth-order valence-electron chi connectivity index (χ4n) is 3.74. The minimum atomic E-state index is -1.47. The molecule has 0 bridgehead atoms. The number of primary amides is 1. The second-order valence-electron chi connectivity index (χ2n) is 6.31. The lowest BCUT2D eigenvalue weighted by Crippen LogP contribution is -2.36. The first-order valence-electron chi connectivity index (χ1n) is 8.61. The van der Waals surface area contributed by atoms with E-state index in [1.807, 2.05) is 48.2 Å². The molecule has 1 aliphatic carbocycles. The van der Waals surface area contributed by atoms with Crippen molar-refractivity contribution >= 4 is 17.8 Å². The van der Waals surface area contributed by atoms with Crippen LogP contribution in [0.3, 0.4) is 0 Å². The van der Waals surface area contributed by atoms with E-state index in [0.717, 1.165) is 5.56 Å². The topological polar surface area (TPSA) is 110 Å². The summed E-state index contributed by atoms with van der Waals surface area (Å²) < 4.78 is 4.92. The molecular weight excluding hydrogens is 348 g/mol. The van der Waals surface area contributed by atoms with Gasteiger partial charge in [0.25, 0.3) is 5.91 Å². The summed E-state index contributed by atoms with van der Waals surface area (Å²) in [6, 6.07) is 9.35. The van der Waals surface area contributed by atoms with Crippen LogP contribution in [-0.2, 0) is 20.9 Å². The van der Waals surface area contributed by atoms with E-state index in [9.17, 15) is 14.4 Å². The van der Waals surface area contributed by atoms with E-state index >= 15 is 0 Å². The van der Waals surface area contributed by atoms with Crippen LogP contribution in [0.1, 0.15) is 18.9 Å². The first-order valence-corrected chi connectivity index (χ1v) is 8.61. The molecule has 3 rings (SSSR count). The number of ketones is 1. The number of carboxylic acid groups (broad SMARTS) is 1. The number of fused-ring (bicyclic) bond motifs is 1. The average molecular weight is 368 g/mol. The number of ether oxygens (including phenoxy) is 1. The van der Waals surface area contributed by atoms with Crippen molar-refractivity contribution < 1.29 is 24.2 Å². The van der Waals surface area contributed by atoms with E-state index in [4.69, 9.17) is 15.6 Å². The van der Waals surface area contributed by atoms with E-state index in [0.29, 0.717) is 18.7 Å². The van der Waals surface area contributed by atoms with Crippen molar-refractivity contribution in [2.75, 3.05) is 0 Å². The SMILES string of the molecule is CCC1=C(C(=O)C(N)=O)C2C(OC(=O)O)=CC=CC2N1Cc1ccccc1. The summed E-state index contributed by atoms with van der Waals surface area (Å²) in [5.74, 6) is -2.46. The van der Waals surface area contributed by atoms with Gasteiger partial charge in [-0.05, 0) is 18.1 Å². The first kappa shape index (κ1) is 18.4. The number of nitrogens with two attached hydrogens (primary N) is 1. The molecule has 27 heavy (non-hydrogen) atoms. The summed E-state index contributed by atoms with van der Waals surface area (Å²) >= 11 is 0. The van der Waals surface area contributed by atoms with Crippen LogP contribution in [0.2, 0.25) is 0 Å². The highest BCUT2D eigenvalue weighted by molar-refractivity contribution is 6.42. The zero-order valence-electron chi connectivity index (χ0n) is 14.8. The lowest BCUT2D eigenvalue weighted by atomic mass is 9.86. The molecule has 1 aromatic rings. The molecule has 0 spiro atoms. The van der Waals surface area contributed by atoms with Gasteiger partial charge in [-0.15, -0.1) is 0 Å². The fourth-order valence-corrected chi connectivity index (χ4v) is 3.74. The second kappa shape index (κ2) is 7.49. The number of allylic oxidation sites excluding steroid dienone is 3. The summed E-state index contributed by atoms with van der Waals surface area (Å²) in [5.41, 5.74) is 7.17. The van der Waals surface area contributed by atoms with Gasteiger partial charge < -0.3 is 20.5 Å². The molecule has 1 heterocycles. The number of nitrogens with zero attached hydrogens (tertiary/aromatic N) is 1. The molecule has 2 unspecified atom stereocenters. The summed E-state index contributed by atoms with van der Waals surface area (Å²) in [4.78, 5) is 37.3. The maximum Gasteiger partial charge on any atom is 0.511 e. The molecule has 7 nitrogen and oxygen atoms in total. The quantitative estimate of drug-likeness (QED) is 0.589. The van der Waals surface area contributed by atoms with Gasteiger partial charge >= 0.3 is 6.16 Å². The zero-order chi connectivity index (χ0) is 19.6. The molecule has 140 valence electrons. The number of rotatable bonds is 6. The molecule has 0 saturated carbocycles. The van der Waals surface area contributed by atoms with Crippen molar-refractivity contribution in [1.82, 2.24) is 4.90 Å². The van der Waals surface area contributed by atoms with E-state index < -0.39 is 23.8 Å². The van der Waals surface area contributed by atoms with Crippen molar-refractivity contribution in [3.8, 4) is 0 Å². The molecule has 7 heteroatoms. The number of hydrogen-bond donors (Lipinski definition) is 2. The van der Waals surface area contributed by atoms with Gasteiger partial charge in [0.1, 0.15) is 5.76 Å². The maximum atomic E-state index is 12.6. The molecule has 2 atom stereocenters. The van der Waals surface area contributed by atoms with Crippen LogP contribution >= 0.6 is 0 Å². The van der Waals surface area contributed by atoms with Crippen molar-refractivity contribution in [2.45, 2.75) is 25.9 Å². The summed E-state index contributed by atoms with van der Waals surface area (Å²) in [6.45, 7) is 2.38. The smallest absolute Gasteiger partial charge is 0.449 e. The van der Waals surface area contributed by atoms with Crippen molar-refractivity contribution in [3.05, 3.63) is 71.2 Å². The van der Waals surface area contributed by atoms with E-state index in [1.54, 1.807) is 6.08 Å². The number of carbonyl (C=O) groups excluding carboxylic acids is 2. The van der Waals surface area contributed by atoms with Crippen molar-refractivity contribution in [3.63, 3.8) is 0 Å². The van der Waals surface area contributed by atoms with Crippen LogP contribution in [0.5, 0.6) is 0 Å². The number of amides is 1. The highest BCUT2D eigenvalue weighted by Gasteiger charge is 2.46. The first-order chi connectivity index (χ1) is 12.9. The molecule has 0 aromatic heterocycles. The third kappa shape index (κ3) is 3.48. The standard InChI is InChI=1S/C20H20N2O5/c1-2-13-17(18(23)19(21)24)16-14(9-6-10-15(16)27-20(25)26)22(13)11-12-7-4-3-5-8-12/h3-10,14,16H,2,11H2,1H3,(H2,21,24)(H,25,26). The Labute approximate surface area is 156 Å². The summed E-state index contributed by atoms with van der Waals surface area (Å²) in [5, 5.41) is 9.05. The molecule has 0 radical (unpaired) electrons. The third-order valence-corrected chi connectivity index (χ3v) is 4.75. The van der Waals surface area contributed by atoms with Gasteiger partial charge in [-0.25, -0.2) is 4.79 Å². The number of carbonyl (C=O) groups is 3. The molecule has 1 aliphatic heterocycles. The zero-order valence-corrected chi connectivity index (χ0v) is 14.8. The van der Waals surface area contributed by atoms with Crippen molar-refractivity contribution in [2.24, 2.45) is 11.7 Å². The Hall–Kier alpha value is -3.35. The van der Waals surface area contributed by atoms with Crippen LogP contribution in [0.4, 0.5) is 4.79 Å². The van der Waals surface area contributed by atoms with Crippen molar-refractivity contribution in [1.29, 1.82) is 0 Å². The Kier molecular flexibility index (Phi) is 5.12. The Morgan fingerprint density at radius 3 is 2.52 bits per heavy atom. The van der Waals surface area contributed by atoms with Crippen LogP contribution < -0.4 is 5.73 Å². The molecule has 1 aromatic carbocycles. The van der Waals surface area contributed by atoms with E-state index in [-0.39, 0.29) is 17.4 Å². The summed E-state index contributed by atoms with van der Waals surface area (Å²) in [6.07, 6.45) is 4.09. The monoisotopic (exact) mass is 368 g/mol. The van der Waals surface area contributed by atoms with Gasteiger partial charge in [0.15, 0.2) is 0 Å². The molecule has 3 N–H and O–H groups in total. The predicted molar refractivity (Wildman–Crippen MR) is 97.1 cm³/mol. The van der Waals surface area contributed by atoms with Gasteiger partial charge in [-0.1, -0.05) is 49.4 Å². The largest absolute Gasteiger partial charge is 0.511 e. The van der Waals surface area contributed by atoms with Crippen LogP contribution in [-0.4, -0.2) is 33.9 Å². The lowest BCUT2D eigenvalue weighted by Gasteiger charge is -2.32. The van der Waals surface area contributed by atoms with E-state index in [2.05, 4.69) is 0 Å². The predicted octanol–water partition coefficient (Wildman–Crippen LogP) is 2.35. The fraction of sp³-hybridized carbons (Fsp3) is 0.250. The molecule has 2 aliphatic rings. The molecule has 0 saturated heterocycles.